The smallest absolute Gasteiger partial charge is 0.325 e. The molecule has 0 aliphatic carbocycles. The molecule has 0 aromatic carbocycles. The quantitative estimate of drug-likeness (QED) is 0.884. The van der Waals surface area contributed by atoms with Gasteiger partial charge in [-0.1, -0.05) is 0 Å². The van der Waals surface area contributed by atoms with Crippen molar-refractivity contribution < 1.29 is 14.7 Å². The van der Waals surface area contributed by atoms with E-state index in [0.717, 1.165) is 10.6 Å². The van der Waals surface area contributed by atoms with Gasteiger partial charge >= 0.3 is 5.97 Å². The van der Waals surface area contributed by atoms with Gasteiger partial charge in [-0.3, -0.25) is 9.59 Å². The van der Waals surface area contributed by atoms with Crippen molar-refractivity contribution in [1.82, 2.24) is 10.3 Å². The minimum Gasteiger partial charge on any atom is -0.480 e. The molecule has 0 aliphatic rings. The summed E-state index contributed by atoms with van der Waals surface area (Å²) in [6.45, 7) is 1.43. The molecule has 2 heterocycles. The fourth-order valence-electron chi connectivity index (χ4n) is 1.43. The van der Waals surface area contributed by atoms with Crippen molar-refractivity contribution >= 4 is 34.6 Å². The van der Waals surface area contributed by atoms with Crippen LogP contribution >= 0.6 is 22.7 Å². The molecular formula is C12H12N2O3S2. The zero-order valence-corrected chi connectivity index (χ0v) is 11.8. The second-order valence-electron chi connectivity index (χ2n) is 3.96. The van der Waals surface area contributed by atoms with E-state index in [2.05, 4.69) is 10.3 Å². The molecule has 2 N–H and O–H groups in total. The Morgan fingerprint density at radius 1 is 1.47 bits per heavy atom. The van der Waals surface area contributed by atoms with Crippen molar-refractivity contribution in [1.29, 1.82) is 0 Å². The average molecular weight is 296 g/mol. The fraction of sp³-hybridized carbons (Fsp3) is 0.250. The minimum atomic E-state index is -1.05. The van der Waals surface area contributed by atoms with Gasteiger partial charge in [0.2, 0.25) is 5.91 Å². The van der Waals surface area contributed by atoms with Gasteiger partial charge in [-0.2, -0.15) is 11.3 Å². The second-order valence-corrected chi connectivity index (χ2v) is 5.60. The van der Waals surface area contributed by atoms with Crippen molar-refractivity contribution in [3.63, 3.8) is 0 Å². The van der Waals surface area contributed by atoms with Crippen LogP contribution in [-0.2, 0) is 16.0 Å². The summed E-state index contributed by atoms with van der Waals surface area (Å²) in [4.78, 5) is 26.6. The molecular weight excluding hydrogens is 284 g/mol. The molecule has 1 atom stereocenters. The molecule has 7 heteroatoms. The van der Waals surface area contributed by atoms with Gasteiger partial charge in [0, 0.05) is 16.3 Å². The number of aliphatic carboxylic acids is 1. The number of carbonyl (C=O) groups excluding carboxylic acids is 1. The fourth-order valence-corrected chi connectivity index (χ4v) is 2.96. The Kier molecular flexibility index (Phi) is 4.28. The number of hydrogen-bond acceptors (Lipinski definition) is 5. The van der Waals surface area contributed by atoms with Crippen LogP contribution in [0.1, 0.15) is 12.6 Å². The van der Waals surface area contributed by atoms with E-state index < -0.39 is 12.0 Å². The second kappa shape index (κ2) is 5.94. The van der Waals surface area contributed by atoms with Crippen LogP contribution in [0, 0.1) is 0 Å². The largest absolute Gasteiger partial charge is 0.480 e. The van der Waals surface area contributed by atoms with Crippen LogP contribution in [0.25, 0.3) is 10.6 Å². The highest BCUT2D eigenvalue weighted by Gasteiger charge is 2.15. The summed E-state index contributed by atoms with van der Waals surface area (Å²) in [5.41, 5.74) is 1.70. The number of rotatable bonds is 5. The molecule has 0 bridgehead atoms. The van der Waals surface area contributed by atoms with Crippen molar-refractivity contribution in [2.24, 2.45) is 0 Å². The number of carboxylic acid groups (broad SMARTS) is 1. The highest BCUT2D eigenvalue weighted by molar-refractivity contribution is 7.14. The van der Waals surface area contributed by atoms with Gasteiger partial charge in [-0.25, -0.2) is 4.98 Å². The lowest BCUT2D eigenvalue weighted by Gasteiger charge is -2.07. The predicted octanol–water partition coefficient (Wildman–Crippen LogP) is 2.00. The lowest BCUT2D eigenvalue weighted by Crippen LogP contribution is -2.39. The molecule has 2 rings (SSSR count). The number of amides is 1. The maximum Gasteiger partial charge on any atom is 0.325 e. The summed E-state index contributed by atoms with van der Waals surface area (Å²) in [5, 5.41) is 17.8. The Balaban J connectivity index is 1.97. The van der Waals surface area contributed by atoms with Gasteiger partial charge in [0.25, 0.3) is 0 Å². The summed E-state index contributed by atoms with van der Waals surface area (Å²) < 4.78 is 0. The molecule has 0 unspecified atom stereocenters. The highest BCUT2D eigenvalue weighted by Crippen LogP contribution is 2.25. The molecule has 0 saturated carbocycles. The van der Waals surface area contributed by atoms with Crippen LogP contribution < -0.4 is 5.32 Å². The predicted molar refractivity (Wildman–Crippen MR) is 74.4 cm³/mol. The molecule has 5 nitrogen and oxygen atoms in total. The average Bonchev–Trinajstić information content (AvgIpc) is 2.97. The number of hydrogen-bond donors (Lipinski definition) is 2. The van der Waals surface area contributed by atoms with Gasteiger partial charge < -0.3 is 10.4 Å². The third-order valence-corrected chi connectivity index (χ3v) is 4.03. The lowest BCUT2D eigenvalue weighted by atomic mass is 10.3. The third-order valence-electron chi connectivity index (χ3n) is 2.41. The zero-order chi connectivity index (χ0) is 13.8. The Labute approximate surface area is 117 Å². The molecule has 100 valence electrons. The van der Waals surface area contributed by atoms with Crippen LogP contribution in [0.15, 0.2) is 22.2 Å². The molecule has 0 spiro atoms. The molecule has 1 amide bonds. The van der Waals surface area contributed by atoms with E-state index in [1.807, 2.05) is 22.2 Å². The summed E-state index contributed by atoms with van der Waals surface area (Å²) in [7, 11) is 0. The number of nitrogens with zero attached hydrogens (tertiary/aromatic N) is 1. The number of nitrogens with one attached hydrogen (secondary N) is 1. The summed E-state index contributed by atoms with van der Waals surface area (Å²) in [5.74, 6) is -1.39. The van der Waals surface area contributed by atoms with Crippen LogP contribution in [0.2, 0.25) is 0 Å². The highest BCUT2D eigenvalue weighted by atomic mass is 32.1. The Bertz CT molecular complexity index is 578. The molecule has 0 saturated heterocycles. The van der Waals surface area contributed by atoms with E-state index in [4.69, 9.17) is 5.11 Å². The third kappa shape index (κ3) is 3.62. The van der Waals surface area contributed by atoms with Gasteiger partial charge in [0.15, 0.2) is 0 Å². The SMILES string of the molecule is C[C@@H](NC(=O)Cc1csc(-c2ccsc2)n1)C(=O)O. The Morgan fingerprint density at radius 3 is 2.89 bits per heavy atom. The first-order valence-corrected chi connectivity index (χ1v) is 7.37. The van der Waals surface area contributed by atoms with Crippen molar-refractivity contribution in [2.75, 3.05) is 0 Å². The Hall–Kier alpha value is -1.73. The van der Waals surface area contributed by atoms with E-state index in [-0.39, 0.29) is 12.3 Å². The summed E-state index contributed by atoms with van der Waals surface area (Å²) in [6, 6.07) is 1.09. The monoisotopic (exact) mass is 296 g/mol. The maximum atomic E-state index is 11.6. The Morgan fingerprint density at radius 2 is 2.26 bits per heavy atom. The first kappa shape index (κ1) is 13.7. The van der Waals surface area contributed by atoms with Crippen LogP contribution in [-0.4, -0.2) is 28.0 Å². The zero-order valence-electron chi connectivity index (χ0n) is 10.1. The normalized spacial score (nSPS) is 12.1. The molecule has 2 aromatic rings. The van der Waals surface area contributed by atoms with E-state index >= 15 is 0 Å². The molecule has 0 aliphatic heterocycles. The van der Waals surface area contributed by atoms with Crippen LogP contribution in [0.3, 0.4) is 0 Å². The first-order chi connectivity index (χ1) is 9.06. The van der Waals surface area contributed by atoms with Crippen molar-refractivity contribution in [3.8, 4) is 10.6 Å². The number of thiophene rings is 1. The van der Waals surface area contributed by atoms with E-state index in [1.54, 1.807) is 11.3 Å². The van der Waals surface area contributed by atoms with Gasteiger partial charge in [-0.05, 0) is 18.4 Å². The van der Waals surface area contributed by atoms with Gasteiger partial charge in [0.05, 0.1) is 12.1 Å². The van der Waals surface area contributed by atoms with Crippen LogP contribution in [0.5, 0.6) is 0 Å². The van der Waals surface area contributed by atoms with Gasteiger partial charge in [-0.15, -0.1) is 11.3 Å². The standard InChI is InChI=1S/C12H12N2O3S2/c1-7(12(16)17)13-10(15)4-9-6-19-11(14-9)8-2-3-18-5-8/h2-3,5-7H,4H2,1H3,(H,13,15)(H,16,17)/t7-/m1/s1. The lowest BCUT2D eigenvalue weighted by molar-refractivity contribution is -0.141. The summed E-state index contributed by atoms with van der Waals surface area (Å²) in [6.07, 6.45) is 0.0955. The molecule has 2 aromatic heterocycles. The van der Waals surface area contributed by atoms with Crippen molar-refractivity contribution in [3.05, 3.63) is 27.9 Å². The molecule has 0 radical (unpaired) electrons. The molecule has 0 fully saturated rings. The number of carbonyl (C=O) groups is 2. The van der Waals surface area contributed by atoms with Gasteiger partial charge in [0.1, 0.15) is 11.0 Å². The van der Waals surface area contributed by atoms with E-state index in [9.17, 15) is 9.59 Å². The minimum absolute atomic E-state index is 0.0955. The summed E-state index contributed by atoms with van der Waals surface area (Å²) >= 11 is 3.07. The molecule has 19 heavy (non-hydrogen) atoms. The number of aromatic nitrogens is 1. The maximum absolute atomic E-state index is 11.6. The van der Waals surface area contributed by atoms with E-state index in [0.29, 0.717) is 5.69 Å². The topological polar surface area (TPSA) is 79.3 Å². The van der Waals surface area contributed by atoms with E-state index in [1.165, 1.54) is 18.3 Å². The first-order valence-electron chi connectivity index (χ1n) is 5.55. The number of thiazole rings is 1. The number of carboxylic acids is 1. The van der Waals surface area contributed by atoms with Crippen LogP contribution in [0.4, 0.5) is 0 Å². The van der Waals surface area contributed by atoms with Crippen molar-refractivity contribution in [2.45, 2.75) is 19.4 Å².